The number of amides is 1. The first kappa shape index (κ1) is 17.6. The molecule has 134 valence electrons. The Kier molecular flexibility index (Phi) is 5.81. The van der Waals surface area contributed by atoms with Crippen molar-refractivity contribution in [2.45, 2.75) is 50.5 Å². The van der Waals surface area contributed by atoms with E-state index in [-0.39, 0.29) is 12.5 Å². The van der Waals surface area contributed by atoms with Crippen molar-refractivity contribution >= 4 is 5.91 Å². The quantitative estimate of drug-likeness (QED) is 0.836. The van der Waals surface area contributed by atoms with Gasteiger partial charge in [0.1, 0.15) is 0 Å². The Balaban J connectivity index is 1.68. The largest absolute Gasteiger partial charge is 0.384 e. The van der Waals surface area contributed by atoms with Crippen LogP contribution >= 0.6 is 0 Å². The van der Waals surface area contributed by atoms with Crippen molar-refractivity contribution < 1.29 is 14.1 Å². The van der Waals surface area contributed by atoms with Crippen LogP contribution in [0.15, 0.2) is 34.9 Å². The van der Waals surface area contributed by atoms with Crippen molar-refractivity contribution in [3.63, 3.8) is 0 Å². The molecule has 0 unspecified atom stereocenters. The maximum atomic E-state index is 13.1. The monoisotopic (exact) mass is 343 g/mol. The molecule has 1 aliphatic carbocycles. The number of hydrogen-bond acceptors (Lipinski definition) is 5. The van der Waals surface area contributed by atoms with Gasteiger partial charge in [0.25, 0.3) is 0 Å². The number of nitrogens with one attached hydrogen (secondary N) is 1. The smallest absolute Gasteiger partial charge is 0.231 e. The zero-order valence-electron chi connectivity index (χ0n) is 14.7. The molecule has 0 saturated heterocycles. The van der Waals surface area contributed by atoms with Crippen LogP contribution in [-0.2, 0) is 27.9 Å². The average molecular weight is 343 g/mol. The summed E-state index contributed by atoms with van der Waals surface area (Å²) in [5, 5.41) is 6.95. The van der Waals surface area contributed by atoms with Gasteiger partial charge < -0.3 is 14.6 Å². The van der Waals surface area contributed by atoms with Crippen LogP contribution in [-0.4, -0.2) is 29.8 Å². The average Bonchev–Trinajstić information content (AvgIpc) is 3.13. The molecule has 1 saturated carbocycles. The molecule has 3 rings (SSSR count). The van der Waals surface area contributed by atoms with Gasteiger partial charge in [0.05, 0.1) is 25.0 Å². The van der Waals surface area contributed by atoms with Crippen LogP contribution < -0.4 is 5.32 Å². The lowest BCUT2D eigenvalue weighted by Crippen LogP contribution is -2.45. The second-order valence-corrected chi connectivity index (χ2v) is 6.54. The highest BCUT2D eigenvalue weighted by molar-refractivity contribution is 5.88. The molecule has 1 amide bonds. The SMILES string of the molecule is COCCc1nc(CNC(=O)C2(c3ccccc3)CCCCC2)no1. The fourth-order valence-corrected chi connectivity index (χ4v) is 3.54. The molecule has 1 aromatic carbocycles. The van der Waals surface area contributed by atoms with E-state index in [9.17, 15) is 4.79 Å². The molecule has 1 fully saturated rings. The van der Waals surface area contributed by atoms with Crippen LogP contribution in [0.2, 0.25) is 0 Å². The van der Waals surface area contributed by atoms with Crippen molar-refractivity contribution in [2.24, 2.45) is 0 Å². The Morgan fingerprint density at radius 1 is 1.24 bits per heavy atom. The third-order valence-corrected chi connectivity index (χ3v) is 4.91. The minimum Gasteiger partial charge on any atom is -0.384 e. The standard InChI is InChI=1S/C19H25N3O3/c1-24-13-10-17-21-16(22-25-17)14-20-18(23)19(11-6-3-7-12-19)15-8-4-2-5-9-15/h2,4-5,8-9H,3,6-7,10-14H2,1H3,(H,20,23). The molecule has 6 nitrogen and oxygen atoms in total. The fraction of sp³-hybridized carbons (Fsp3) is 0.526. The molecule has 1 heterocycles. The van der Waals surface area contributed by atoms with Crippen LogP contribution in [0.1, 0.15) is 49.4 Å². The van der Waals surface area contributed by atoms with Gasteiger partial charge in [0.2, 0.25) is 11.8 Å². The van der Waals surface area contributed by atoms with Crippen LogP contribution in [0.3, 0.4) is 0 Å². The van der Waals surface area contributed by atoms with Gasteiger partial charge in [-0.05, 0) is 18.4 Å². The highest BCUT2D eigenvalue weighted by Gasteiger charge is 2.40. The minimum atomic E-state index is -0.442. The van der Waals surface area contributed by atoms with Gasteiger partial charge in [0.15, 0.2) is 5.82 Å². The van der Waals surface area contributed by atoms with E-state index in [1.165, 1.54) is 6.42 Å². The number of nitrogens with zero attached hydrogens (tertiary/aromatic N) is 2. The topological polar surface area (TPSA) is 77.2 Å². The predicted octanol–water partition coefficient (Wildman–Crippen LogP) is 2.78. The summed E-state index contributed by atoms with van der Waals surface area (Å²) in [6, 6.07) is 10.1. The third kappa shape index (κ3) is 4.07. The van der Waals surface area contributed by atoms with E-state index in [0.717, 1.165) is 31.2 Å². The van der Waals surface area contributed by atoms with E-state index in [1.54, 1.807) is 7.11 Å². The Labute approximate surface area is 148 Å². The van der Waals surface area contributed by atoms with E-state index in [0.29, 0.717) is 24.7 Å². The number of benzene rings is 1. The van der Waals surface area contributed by atoms with Crippen molar-refractivity contribution in [3.8, 4) is 0 Å². The van der Waals surface area contributed by atoms with Gasteiger partial charge >= 0.3 is 0 Å². The van der Waals surface area contributed by atoms with Gasteiger partial charge in [-0.25, -0.2) is 0 Å². The normalized spacial score (nSPS) is 16.5. The molecule has 1 aliphatic rings. The zero-order chi connectivity index (χ0) is 17.5. The number of hydrogen-bond donors (Lipinski definition) is 1. The molecule has 1 aromatic heterocycles. The van der Waals surface area contributed by atoms with Crippen molar-refractivity contribution in [1.29, 1.82) is 0 Å². The lowest BCUT2D eigenvalue weighted by atomic mass is 9.68. The van der Waals surface area contributed by atoms with Crippen molar-refractivity contribution in [1.82, 2.24) is 15.5 Å². The summed E-state index contributed by atoms with van der Waals surface area (Å²) in [5.41, 5.74) is 0.656. The van der Waals surface area contributed by atoms with Gasteiger partial charge in [-0.1, -0.05) is 54.8 Å². The molecular formula is C19H25N3O3. The number of methoxy groups -OCH3 is 1. The maximum Gasteiger partial charge on any atom is 0.231 e. The Hall–Kier alpha value is -2.21. The molecule has 0 aliphatic heterocycles. The van der Waals surface area contributed by atoms with Gasteiger partial charge in [-0.2, -0.15) is 4.98 Å². The van der Waals surface area contributed by atoms with Crippen molar-refractivity contribution in [2.75, 3.05) is 13.7 Å². The molecule has 0 bridgehead atoms. The molecule has 0 spiro atoms. The second-order valence-electron chi connectivity index (χ2n) is 6.54. The zero-order valence-corrected chi connectivity index (χ0v) is 14.7. The molecule has 2 aromatic rings. The third-order valence-electron chi connectivity index (χ3n) is 4.91. The number of rotatable bonds is 7. The van der Waals surface area contributed by atoms with E-state index in [4.69, 9.17) is 9.26 Å². The van der Waals surface area contributed by atoms with Crippen LogP contribution in [0.5, 0.6) is 0 Å². The lowest BCUT2D eigenvalue weighted by molar-refractivity contribution is -0.128. The van der Waals surface area contributed by atoms with Crippen LogP contribution in [0.25, 0.3) is 0 Å². The highest BCUT2D eigenvalue weighted by Crippen LogP contribution is 2.39. The Bertz CT molecular complexity index is 678. The fourth-order valence-electron chi connectivity index (χ4n) is 3.54. The molecule has 1 N–H and O–H groups in total. The number of carbonyl (C=O) groups is 1. The summed E-state index contributed by atoms with van der Waals surface area (Å²) >= 11 is 0. The molecule has 0 atom stereocenters. The lowest BCUT2D eigenvalue weighted by Gasteiger charge is -2.36. The van der Waals surface area contributed by atoms with Gasteiger partial charge in [-0.3, -0.25) is 4.79 Å². The second kappa shape index (κ2) is 8.25. The minimum absolute atomic E-state index is 0.0571. The molecule has 25 heavy (non-hydrogen) atoms. The summed E-state index contributed by atoms with van der Waals surface area (Å²) in [7, 11) is 1.63. The summed E-state index contributed by atoms with van der Waals surface area (Å²) in [4.78, 5) is 17.3. The summed E-state index contributed by atoms with van der Waals surface area (Å²) < 4.78 is 10.2. The predicted molar refractivity (Wildman–Crippen MR) is 92.9 cm³/mol. The molecule has 0 radical (unpaired) electrons. The Morgan fingerprint density at radius 2 is 2.00 bits per heavy atom. The number of ether oxygens (including phenoxy) is 1. The van der Waals surface area contributed by atoms with Gasteiger partial charge in [0, 0.05) is 7.11 Å². The molecule has 6 heteroatoms. The summed E-state index contributed by atoms with van der Waals surface area (Å²) in [5.74, 6) is 1.08. The van der Waals surface area contributed by atoms with E-state index in [1.807, 2.05) is 18.2 Å². The Morgan fingerprint density at radius 3 is 2.72 bits per heavy atom. The molecular weight excluding hydrogens is 318 g/mol. The van der Waals surface area contributed by atoms with E-state index in [2.05, 4.69) is 27.6 Å². The maximum absolute atomic E-state index is 13.1. The summed E-state index contributed by atoms with van der Waals surface area (Å²) in [6.45, 7) is 0.814. The van der Waals surface area contributed by atoms with Crippen molar-refractivity contribution in [3.05, 3.63) is 47.6 Å². The number of aromatic nitrogens is 2. The summed E-state index contributed by atoms with van der Waals surface area (Å²) in [6.07, 6.45) is 5.68. The van der Waals surface area contributed by atoms with Gasteiger partial charge in [-0.15, -0.1) is 0 Å². The number of carbonyl (C=O) groups excluding carboxylic acids is 1. The first-order valence-electron chi connectivity index (χ1n) is 8.89. The van der Waals surface area contributed by atoms with E-state index >= 15 is 0 Å². The van der Waals surface area contributed by atoms with E-state index < -0.39 is 5.41 Å². The highest BCUT2D eigenvalue weighted by atomic mass is 16.5. The first-order chi connectivity index (χ1) is 12.2. The first-order valence-corrected chi connectivity index (χ1v) is 8.89. The van der Waals surface area contributed by atoms with Crippen LogP contribution in [0, 0.1) is 0 Å². The van der Waals surface area contributed by atoms with Crippen LogP contribution in [0.4, 0.5) is 0 Å².